The highest BCUT2D eigenvalue weighted by atomic mass is 31.2. The number of nitrogens with two attached hydrogens (primary N) is 2. The molecule has 0 saturated heterocycles. The topological polar surface area (TPSA) is 187 Å². The number of aliphatic carboxylic acids is 1. The summed E-state index contributed by atoms with van der Waals surface area (Å²) in [5.74, 6) is -1.71. The summed E-state index contributed by atoms with van der Waals surface area (Å²) in [6.45, 7) is -0.227. The van der Waals surface area contributed by atoms with Crippen LogP contribution in [-0.4, -0.2) is 40.7 Å². The number of carboxylic acid groups (broad SMARTS) is 1. The number of benzene rings is 2. The number of carbonyl (C=O) groups excluding carboxylic acids is 1. The van der Waals surface area contributed by atoms with Crippen LogP contribution in [-0.2, 0) is 25.2 Å². The van der Waals surface area contributed by atoms with Crippen LogP contribution in [0.4, 0.5) is 10.5 Å². The van der Waals surface area contributed by atoms with Gasteiger partial charge in [0.15, 0.2) is 12.1 Å². The molecule has 0 bridgehead atoms. The standard InChI is InChI=1S/C19H23N4O7P/c20-18(21)23-15-8-4-7-14(11-15)16(17(24)25)30-31(27,28)10-9-22-19(26)29-12-13-5-2-1-3-6-13/h1-8,11,16H,9-10,12H2,(H,22,26)(H,24,25)(H,27,28)(H4,20,21,23). The molecule has 0 heterocycles. The maximum Gasteiger partial charge on any atom is 0.407 e. The highest BCUT2D eigenvalue weighted by molar-refractivity contribution is 7.52. The van der Waals surface area contributed by atoms with Gasteiger partial charge in [-0.3, -0.25) is 9.09 Å². The van der Waals surface area contributed by atoms with E-state index in [9.17, 15) is 24.2 Å². The third kappa shape index (κ3) is 8.47. The maximum atomic E-state index is 12.3. The quantitative estimate of drug-likeness (QED) is 0.204. The van der Waals surface area contributed by atoms with Crippen molar-refractivity contribution < 1.29 is 33.4 Å². The predicted molar refractivity (Wildman–Crippen MR) is 113 cm³/mol. The zero-order chi connectivity index (χ0) is 22.9. The van der Waals surface area contributed by atoms with Crippen LogP contribution in [0.3, 0.4) is 0 Å². The molecule has 0 radical (unpaired) electrons. The molecule has 0 aliphatic rings. The van der Waals surface area contributed by atoms with Gasteiger partial charge in [-0.25, -0.2) is 14.6 Å². The molecule has 31 heavy (non-hydrogen) atoms. The van der Waals surface area contributed by atoms with E-state index in [0.29, 0.717) is 0 Å². The Morgan fingerprint density at radius 2 is 1.84 bits per heavy atom. The molecule has 2 aromatic rings. The number of carboxylic acids is 1. The van der Waals surface area contributed by atoms with Crippen molar-refractivity contribution in [3.63, 3.8) is 0 Å². The van der Waals surface area contributed by atoms with E-state index >= 15 is 0 Å². The van der Waals surface area contributed by atoms with Gasteiger partial charge in [0.05, 0.1) is 11.8 Å². The third-order valence-electron chi connectivity index (χ3n) is 3.80. The first-order chi connectivity index (χ1) is 14.7. The SMILES string of the molecule is NC(N)=Nc1cccc(C(OP(=O)(O)CCNC(=O)OCc2ccccc2)C(=O)O)c1. The van der Waals surface area contributed by atoms with Crippen molar-refractivity contribution >= 4 is 31.3 Å². The Morgan fingerprint density at radius 1 is 1.13 bits per heavy atom. The van der Waals surface area contributed by atoms with Gasteiger partial charge < -0.3 is 31.5 Å². The molecule has 166 valence electrons. The van der Waals surface area contributed by atoms with Crippen LogP contribution < -0.4 is 16.8 Å². The molecule has 1 amide bonds. The number of guanidine groups is 1. The molecule has 2 aromatic carbocycles. The second kappa shape index (κ2) is 11.1. The van der Waals surface area contributed by atoms with Crippen molar-refractivity contribution in [3.05, 3.63) is 65.7 Å². The lowest BCUT2D eigenvalue weighted by molar-refractivity contribution is -0.145. The zero-order valence-electron chi connectivity index (χ0n) is 16.4. The summed E-state index contributed by atoms with van der Waals surface area (Å²) < 4.78 is 22.3. The highest BCUT2D eigenvalue weighted by Crippen LogP contribution is 2.46. The first-order valence-electron chi connectivity index (χ1n) is 9.03. The lowest BCUT2D eigenvalue weighted by Crippen LogP contribution is -2.27. The van der Waals surface area contributed by atoms with E-state index in [1.807, 2.05) is 6.07 Å². The average molecular weight is 450 g/mol. The number of alkyl carbamates (subject to hydrolysis) is 1. The molecule has 0 fully saturated rings. The molecule has 0 aliphatic heterocycles. The van der Waals surface area contributed by atoms with Crippen molar-refractivity contribution in [2.24, 2.45) is 16.5 Å². The summed E-state index contributed by atoms with van der Waals surface area (Å²) in [5.41, 5.74) is 11.7. The van der Waals surface area contributed by atoms with E-state index < -0.39 is 31.9 Å². The monoisotopic (exact) mass is 450 g/mol. The minimum Gasteiger partial charge on any atom is -0.479 e. The van der Waals surface area contributed by atoms with Crippen molar-refractivity contribution in [1.29, 1.82) is 0 Å². The fourth-order valence-electron chi connectivity index (χ4n) is 2.45. The van der Waals surface area contributed by atoms with Gasteiger partial charge in [-0.05, 0) is 23.3 Å². The molecule has 2 rings (SSSR count). The first-order valence-corrected chi connectivity index (χ1v) is 10.8. The fourth-order valence-corrected chi connectivity index (χ4v) is 3.49. The highest BCUT2D eigenvalue weighted by Gasteiger charge is 2.31. The maximum absolute atomic E-state index is 12.3. The van der Waals surface area contributed by atoms with E-state index in [1.165, 1.54) is 24.3 Å². The van der Waals surface area contributed by atoms with Gasteiger partial charge in [-0.1, -0.05) is 42.5 Å². The van der Waals surface area contributed by atoms with Crippen LogP contribution in [0.15, 0.2) is 59.6 Å². The zero-order valence-corrected chi connectivity index (χ0v) is 17.3. The molecule has 0 aromatic heterocycles. The average Bonchev–Trinajstić information content (AvgIpc) is 2.71. The van der Waals surface area contributed by atoms with Crippen LogP contribution in [0.2, 0.25) is 0 Å². The van der Waals surface area contributed by atoms with Gasteiger partial charge in [-0.15, -0.1) is 0 Å². The van der Waals surface area contributed by atoms with Crippen LogP contribution in [0, 0.1) is 0 Å². The lowest BCUT2D eigenvalue weighted by atomic mass is 10.1. The molecule has 7 N–H and O–H groups in total. The predicted octanol–water partition coefficient (Wildman–Crippen LogP) is 1.85. The fraction of sp³-hybridized carbons (Fsp3) is 0.211. The second-order valence-electron chi connectivity index (χ2n) is 6.30. The summed E-state index contributed by atoms with van der Waals surface area (Å²) in [4.78, 5) is 37.1. The molecular formula is C19H23N4O7P. The molecule has 0 saturated carbocycles. The van der Waals surface area contributed by atoms with Gasteiger partial charge in [-0.2, -0.15) is 0 Å². The molecule has 0 aliphatic carbocycles. The molecule has 0 spiro atoms. The van der Waals surface area contributed by atoms with Gasteiger partial charge >= 0.3 is 19.7 Å². The Hall–Kier alpha value is -3.40. The van der Waals surface area contributed by atoms with Crippen molar-refractivity contribution in [1.82, 2.24) is 5.32 Å². The summed E-state index contributed by atoms with van der Waals surface area (Å²) in [5, 5.41) is 11.7. The summed E-state index contributed by atoms with van der Waals surface area (Å²) >= 11 is 0. The van der Waals surface area contributed by atoms with Gasteiger partial charge in [0, 0.05) is 6.54 Å². The van der Waals surface area contributed by atoms with Crippen LogP contribution in [0.1, 0.15) is 17.2 Å². The van der Waals surface area contributed by atoms with E-state index in [2.05, 4.69) is 10.3 Å². The van der Waals surface area contributed by atoms with Gasteiger partial charge in [0.1, 0.15) is 6.61 Å². The number of amides is 1. The van der Waals surface area contributed by atoms with Crippen LogP contribution >= 0.6 is 7.60 Å². The number of hydrogen-bond donors (Lipinski definition) is 5. The minimum absolute atomic E-state index is 0.0349. The van der Waals surface area contributed by atoms with E-state index in [0.717, 1.165) is 5.56 Å². The van der Waals surface area contributed by atoms with Crippen molar-refractivity contribution in [3.8, 4) is 0 Å². The van der Waals surface area contributed by atoms with E-state index in [-0.39, 0.29) is 30.4 Å². The van der Waals surface area contributed by atoms with Crippen LogP contribution in [0.5, 0.6) is 0 Å². The normalized spacial score (nSPS) is 13.5. The van der Waals surface area contributed by atoms with E-state index in [1.54, 1.807) is 24.3 Å². The van der Waals surface area contributed by atoms with Gasteiger partial charge in [0.2, 0.25) is 0 Å². The number of nitrogens with one attached hydrogen (secondary N) is 1. The second-order valence-corrected chi connectivity index (χ2v) is 8.24. The molecule has 2 atom stereocenters. The minimum atomic E-state index is -4.38. The Labute approximate surface area is 178 Å². The van der Waals surface area contributed by atoms with Gasteiger partial charge in [0.25, 0.3) is 0 Å². The Kier molecular flexibility index (Phi) is 8.56. The number of rotatable bonds is 10. The first kappa shape index (κ1) is 23.9. The number of hydrogen-bond acceptors (Lipinski definition) is 6. The smallest absolute Gasteiger partial charge is 0.407 e. The van der Waals surface area contributed by atoms with Crippen molar-refractivity contribution in [2.45, 2.75) is 12.7 Å². The van der Waals surface area contributed by atoms with Crippen LogP contribution in [0.25, 0.3) is 0 Å². The Bertz CT molecular complexity index is 980. The number of ether oxygens (including phenoxy) is 1. The molecular weight excluding hydrogens is 427 g/mol. The van der Waals surface area contributed by atoms with E-state index in [4.69, 9.17) is 20.7 Å². The largest absolute Gasteiger partial charge is 0.479 e. The summed E-state index contributed by atoms with van der Waals surface area (Å²) in [6.07, 6.45) is -3.05. The summed E-state index contributed by atoms with van der Waals surface area (Å²) in [6, 6.07) is 14.7. The molecule has 2 unspecified atom stereocenters. The Balaban J connectivity index is 1.91. The number of nitrogens with zero attached hydrogens (tertiary/aromatic N) is 1. The number of aliphatic imine (C=N–C) groups is 1. The summed E-state index contributed by atoms with van der Waals surface area (Å²) in [7, 11) is -4.38. The number of carbonyl (C=O) groups is 2. The molecule has 12 heteroatoms. The third-order valence-corrected chi connectivity index (χ3v) is 5.13. The van der Waals surface area contributed by atoms with Crippen molar-refractivity contribution in [2.75, 3.05) is 12.7 Å². The lowest BCUT2D eigenvalue weighted by Gasteiger charge is -2.19. The Morgan fingerprint density at radius 3 is 2.48 bits per heavy atom. The molecule has 11 nitrogen and oxygen atoms in total.